The van der Waals surface area contributed by atoms with E-state index in [0.717, 1.165) is 5.56 Å². The zero-order chi connectivity index (χ0) is 14.9. The van der Waals surface area contributed by atoms with Gasteiger partial charge in [0.05, 0.1) is 11.5 Å². The van der Waals surface area contributed by atoms with E-state index in [1.54, 1.807) is 25.1 Å². The third kappa shape index (κ3) is 2.89. The van der Waals surface area contributed by atoms with Gasteiger partial charge in [-0.1, -0.05) is 12.1 Å². The van der Waals surface area contributed by atoms with Gasteiger partial charge in [-0.15, -0.1) is 0 Å². The molecule has 0 radical (unpaired) electrons. The van der Waals surface area contributed by atoms with Gasteiger partial charge in [0.15, 0.2) is 0 Å². The van der Waals surface area contributed by atoms with Gasteiger partial charge in [0.25, 0.3) is 5.91 Å². The van der Waals surface area contributed by atoms with E-state index >= 15 is 0 Å². The SMILES string of the molecule is Cc1cccc(C(=O)N2CCC(C(F)(F)F)CC2)c1N. The normalized spacial score (nSPS) is 17.3. The molecule has 1 fully saturated rings. The van der Waals surface area contributed by atoms with Crippen LogP contribution in [0, 0.1) is 12.8 Å². The highest BCUT2D eigenvalue weighted by Gasteiger charge is 2.41. The molecule has 1 saturated heterocycles. The summed E-state index contributed by atoms with van der Waals surface area (Å²) in [5.41, 5.74) is 7.42. The summed E-state index contributed by atoms with van der Waals surface area (Å²) in [7, 11) is 0. The fourth-order valence-electron chi connectivity index (χ4n) is 2.45. The number of rotatable bonds is 1. The first-order chi connectivity index (χ1) is 9.30. The number of aryl methyl sites for hydroxylation is 1. The number of alkyl halides is 3. The molecule has 2 rings (SSSR count). The second-order valence-corrected chi connectivity index (χ2v) is 5.14. The first-order valence-electron chi connectivity index (χ1n) is 6.51. The minimum atomic E-state index is -4.17. The molecule has 20 heavy (non-hydrogen) atoms. The van der Waals surface area contributed by atoms with Crippen molar-refractivity contribution in [2.45, 2.75) is 25.9 Å². The van der Waals surface area contributed by atoms with Gasteiger partial charge in [0.2, 0.25) is 0 Å². The van der Waals surface area contributed by atoms with Gasteiger partial charge in [-0.2, -0.15) is 13.2 Å². The first-order valence-corrected chi connectivity index (χ1v) is 6.51. The van der Waals surface area contributed by atoms with Crippen LogP contribution in [0.15, 0.2) is 18.2 Å². The highest BCUT2D eigenvalue weighted by molar-refractivity contribution is 5.99. The van der Waals surface area contributed by atoms with E-state index < -0.39 is 12.1 Å². The highest BCUT2D eigenvalue weighted by Crippen LogP contribution is 2.34. The van der Waals surface area contributed by atoms with E-state index in [4.69, 9.17) is 5.73 Å². The maximum Gasteiger partial charge on any atom is 0.391 e. The number of carbonyl (C=O) groups is 1. The fourth-order valence-corrected chi connectivity index (χ4v) is 2.45. The van der Waals surface area contributed by atoms with E-state index in [-0.39, 0.29) is 31.8 Å². The van der Waals surface area contributed by atoms with E-state index in [1.807, 2.05) is 0 Å². The maximum atomic E-state index is 12.6. The van der Waals surface area contributed by atoms with E-state index in [0.29, 0.717) is 11.3 Å². The Morgan fingerprint density at radius 2 is 1.90 bits per heavy atom. The van der Waals surface area contributed by atoms with Gasteiger partial charge in [-0.25, -0.2) is 0 Å². The van der Waals surface area contributed by atoms with Crippen LogP contribution in [-0.2, 0) is 0 Å². The van der Waals surface area contributed by atoms with Crippen LogP contribution in [0.4, 0.5) is 18.9 Å². The third-order valence-electron chi connectivity index (χ3n) is 3.80. The molecule has 0 bridgehead atoms. The molecule has 3 nitrogen and oxygen atoms in total. The van der Waals surface area contributed by atoms with Crippen molar-refractivity contribution in [3.05, 3.63) is 29.3 Å². The Balaban J connectivity index is 2.07. The number of para-hydroxylation sites is 1. The van der Waals surface area contributed by atoms with Crippen molar-refractivity contribution < 1.29 is 18.0 Å². The van der Waals surface area contributed by atoms with E-state index in [1.165, 1.54) is 4.90 Å². The lowest BCUT2D eigenvalue weighted by Crippen LogP contribution is -2.42. The molecule has 6 heteroatoms. The number of nitrogens with zero attached hydrogens (tertiary/aromatic N) is 1. The third-order valence-corrected chi connectivity index (χ3v) is 3.80. The largest absolute Gasteiger partial charge is 0.398 e. The van der Waals surface area contributed by atoms with Crippen LogP contribution >= 0.6 is 0 Å². The first kappa shape index (κ1) is 14.7. The molecule has 1 amide bonds. The zero-order valence-corrected chi connectivity index (χ0v) is 11.2. The molecular formula is C14H17F3N2O. The number of hydrogen-bond acceptors (Lipinski definition) is 2. The lowest BCUT2D eigenvalue weighted by atomic mass is 9.95. The van der Waals surface area contributed by atoms with Crippen LogP contribution in [-0.4, -0.2) is 30.1 Å². The summed E-state index contributed by atoms with van der Waals surface area (Å²) in [6.07, 6.45) is -4.25. The van der Waals surface area contributed by atoms with Crippen molar-refractivity contribution in [2.75, 3.05) is 18.8 Å². The second kappa shape index (κ2) is 5.34. The van der Waals surface area contributed by atoms with E-state index in [2.05, 4.69) is 0 Å². The van der Waals surface area contributed by atoms with Crippen molar-refractivity contribution in [3.63, 3.8) is 0 Å². The van der Waals surface area contributed by atoms with Gasteiger partial charge < -0.3 is 10.6 Å². The van der Waals surface area contributed by atoms with Gasteiger partial charge in [-0.05, 0) is 31.4 Å². The van der Waals surface area contributed by atoms with Gasteiger partial charge in [0.1, 0.15) is 0 Å². The minimum Gasteiger partial charge on any atom is -0.398 e. The van der Waals surface area contributed by atoms with Crippen LogP contribution in [0.2, 0.25) is 0 Å². The van der Waals surface area contributed by atoms with Crippen LogP contribution in [0.25, 0.3) is 0 Å². The average molecular weight is 286 g/mol. The quantitative estimate of drug-likeness (QED) is 0.807. The van der Waals surface area contributed by atoms with Gasteiger partial charge in [0, 0.05) is 18.8 Å². The number of nitrogen functional groups attached to an aromatic ring is 1. The smallest absolute Gasteiger partial charge is 0.391 e. The molecule has 1 aromatic carbocycles. The number of piperidine rings is 1. The Bertz CT molecular complexity index is 506. The topological polar surface area (TPSA) is 46.3 Å². The number of carbonyl (C=O) groups excluding carboxylic acids is 1. The molecule has 1 aromatic rings. The molecule has 1 aliphatic heterocycles. The van der Waals surface area contributed by atoms with Crippen LogP contribution in [0.5, 0.6) is 0 Å². The van der Waals surface area contributed by atoms with Gasteiger partial charge >= 0.3 is 6.18 Å². The minimum absolute atomic E-state index is 0.0407. The van der Waals surface area contributed by atoms with Crippen molar-refractivity contribution in [3.8, 4) is 0 Å². The molecule has 110 valence electrons. The summed E-state index contributed by atoms with van der Waals surface area (Å²) in [4.78, 5) is 13.7. The van der Waals surface area contributed by atoms with Crippen LogP contribution in [0.1, 0.15) is 28.8 Å². The number of amides is 1. The molecule has 0 atom stereocenters. The Labute approximate surface area is 115 Å². The molecule has 0 unspecified atom stereocenters. The number of likely N-dealkylation sites (tertiary alicyclic amines) is 1. The summed E-state index contributed by atoms with van der Waals surface area (Å²) in [5, 5.41) is 0. The lowest BCUT2D eigenvalue weighted by Gasteiger charge is -2.33. The number of anilines is 1. The monoisotopic (exact) mass is 286 g/mol. The van der Waals surface area contributed by atoms with Crippen molar-refractivity contribution in [1.82, 2.24) is 4.90 Å². The Hall–Kier alpha value is -1.72. The fraction of sp³-hybridized carbons (Fsp3) is 0.500. The number of hydrogen-bond donors (Lipinski definition) is 1. The highest BCUT2D eigenvalue weighted by atomic mass is 19.4. The number of benzene rings is 1. The van der Waals surface area contributed by atoms with Crippen molar-refractivity contribution in [2.24, 2.45) is 5.92 Å². The Morgan fingerprint density at radius 1 is 1.30 bits per heavy atom. The molecule has 1 aliphatic rings. The summed E-state index contributed by atoms with van der Waals surface area (Å²) >= 11 is 0. The summed E-state index contributed by atoms with van der Waals surface area (Å²) < 4.78 is 37.8. The average Bonchev–Trinajstić information content (AvgIpc) is 2.40. The van der Waals surface area contributed by atoms with Crippen LogP contribution in [0.3, 0.4) is 0 Å². The number of nitrogens with two attached hydrogens (primary N) is 1. The molecule has 0 aromatic heterocycles. The Kier molecular flexibility index (Phi) is 3.92. The van der Waals surface area contributed by atoms with Crippen molar-refractivity contribution in [1.29, 1.82) is 0 Å². The van der Waals surface area contributed by atoms with Crippen molar-refractivity contribution >= 4 is 11.6 Å². The van der Waals surface area contributed by atoms with E-state index in [9.17, 15) is 18.0 Å². The number of halogens is 3. The molecule has 0 spiro atoms. The van der Waals surface area contributed by atoms with Gasteiger partial charge in [-0.3, -0.25) is 4.79 Å². The predicted octanol–water partition coefficient (Wildman–Crippen LogP) is 2.99. The summed E-state index contributed by atoms with van der Waals surface area (Å²) in [6, 6.07) is 5.13. The standard InChI is InChI=1S/C14H17F3N2O/c1-9-3-2-4-11(12(9)18)13(20)19-7-5-10(6-8-19)14(15,16)17/h2-4,10H,5-8,18H2,1H3. The summed E-state index contributed by atoms with van der Waals surface area (Å²) in [5.74, 6) is -1.59. The Morgan fingerprint density at radius 3 is 2.45 bits per heavy atom. The summed E-state index contributed by atoms with van der Waals surface area (Å²) in [6.45, 7) is 2.04. The van der Waals surface area contributed by atoms with Crippen LogP contribution < -0.4 is 5.73 Å². The second-order valence-electron chi connectivity index (χ2n) is 5.14. The molecule has 2 N–H and O–H groups in total. The predicted molar refractivity (Wildman–Crippen MR) is 70.3 cm³/mol. The maximum absolute atomic E-state index is 12.6. The molecule has 1 heterocycles. The molecule has 0 aliphatic carbocycles. The molecular weight excluding hydrogens is 269 g/mol. The lowest BCUT2D eigenvalue weighted by molar-refractivity contribution is -0.183. The zero-order valence-electron chi connectivity index (χ0n) is 11.2. The molecule has 0 saturated carbocycles.